The van der Waals surface area contributed by atoms with Gasteiger partial charge in [-0.3, -0.25) is 0 Å². The predicted octanol–water partition coefficient (Wildman–Crippen LogP) is 3.81. The summed E-state index contributed by atoms with van der Waals surface area (Å²) in [4.78, 5) is 25.7. The van der Waals surface area contributed by atoms with E-state index < -0.39 is 23.8 Å². The summed E-state index contributed by atoms with van der Waals surface area (Å²) in [5.74, 6) is 0.215. The smallest absolute Gasteiger partial charge is 0.410 e. The van der Waals surface area contributed by atoms with Crippen molar-refractivity contribution in [3.63, 3.8) is 0 Å². The Morgan fingerprint density at radius 1 is 1.07 bits per heavy atom. The lowest BCUT2D eigenvalue weighted by atomic mass is 10.1. The number of benzene rings is 2. The molecule has 0 fully saturated rings. The van der Waals surface area contributed by atoms with E-state index in [1.165, 1.54) is 12.0 Å². The second-order valence-corrected chi connectivity index (χ2v) is 7.54. The number of para-hydroxylation sites is 1. The van der Waals surface area contributed by atoms with Gasteiger partial charge in [-0.15, -0.1) is 0 Å². The van der Waals surface area contributed by atoms with Crippen LogP contribution < -0.4 is 9.47 Å². The van der Waals surface area contributed by atoms with Gasteiger partial charge in [0.25, 0.3) is 0 Å². The molecule has 1 unspecified atom stereocenters. The number of likely N-dealkylation sites (N-methyl/N-ethyl adjacent to an activating group) is 1. The SMILES string of the molecule is COc1ccccc1C(=O)Oc1ccc(C(O)CN(C)C(=O)OC(C)(C)C)cc1. The Kier molecular flexibility index (Phi) is 7.23. The summed E-state index contributed by atoms with van der Waals surface area (Å²) < 4.78 is 15.8. The number of carbonyl (C=O) groups excluding carboxylic acids is 2. The van der Waals surface area contributed by atoms with E-state index in [1.807, 2.05) is 0 Å². The number of amides is 1. The van der Waals surface area contributed by atoms with Gasteiger partial charge in [0, 0.05) is 7.05 Å². The van der Waals surface area contributed by atoms with Crippen LogP contribution in [0.4, 0.5) is 4.79 Å². The van der Waals surface area contributed by atoms with E-state index in [9.17, 15) is 14.7 Å². The van der Waals surface area contributed by atoms with Crippen molar-refractivity contribution < 1.29 is 28.9 Å². The molecule has 7 nitrogen and oxygen atoms in total. The van der Waals surface area contributed by atoms with Crippen LogP contribution in [0.2, 0.25) is 0 Å². The number of rotatable bonds is 6. The molecule has 2 aromatic rings. The number of esters is 1. The topological polar surface area (TPSA) is 85.3 Å². The lowest BCUT2D eigenvalue weighted by Crippen LogP contribution is -2.36. The van der Waals surface area contributed by atoms with Gasteiger partial charge in [0.05, 0.1) is 19.8 Å². The Balaban J connectivity index is 1.99. The van der Waals surface area contributed by atoms with E-state index in [-0.39, 0.29) is 6.54 Å². The number of ether oxygens (including phenoxy) is 3. The van der Waals surface area contributed by atoms with Crippen LogP contribution >= 0.6 is 0 Å². The maximum atomic E-state index is 12.3. The van der Waals surface area contributed by atoms with Gasteiger partial charge in [0.2, 0.25) is 0 Å². The number of aliphatic hydroxyl groups excluding tert-OH is 1. The third kappa shape index (κ3) is 6.50. The van der Waals surface area contributed by atoms with Crippen LogP contribution in [0.3, 0.4) is 0 Å². The Bertz CT molecular complexity index is 841. The highest BCUT2D eigenvalue weighted by Gasteiger charge is 2.22. The van der Waals surface area contributed by atoms with Crippen molar-refractivity contribution in [1.29, 1.82) is 0 Å². The summed E-state index contributed by atoms with van der Waals surface area (Å²) in [5, 5.41) is 10.4. The molecule has 0 radical (unpaired) electrons. The molecule has 0 heterocycles. The first kappa shape index (κ1) is 22.2. The molecule has 0 aromatic heterocycles. The molecule has 1 N–H and O–H groups in total. The average molecular weight is 401 g/mol. The maximum absolute atomic E-state index is 12.3. The Morgan fingerprint density at radius 3 is 2.28 bits per heavy atom. The molecule has 0 aliphatic heterocycles. The van der Waals surface area contributed by atoms with Crippen LogP contribution in [-0.2, 0) is 4.74 Å². The van der Waals surface area contributed by atoms with Crippen molar-refractivity contribution in [2.45, 2.75) is 32.5 Å². The summed E-state index contributed by atoms with van der Waals surface area (Å²) in [5.41, 5.74) is 0.291. The molecule has 7 heteroatoms. The van der Waals surface area contributed by atoms with Crippen molar-refractivity contribution >= 4 is 12.1 Å². The largest absolute Gasteiger partial charge is 0.496 e. The minimum Gasteiger partial charge on any atom is -0.496 e. The Morgan fingerprint density at radius 2 is 1.69 bits per heavy atom. The molecule has 156 valence electrons. The van der Waals surface area contributed by atoms with Crippen LogP contribution in [0, 0.1) is 0 Å². The fourth-order valence-corrected chi connectivity index (χ4v) is 2.51. The normalized spacial score (nSPS) is 12.1. The summed E-state index contributed by atoms with van der Waals surface area (Å²) in [7, 11) is 3.04. The van der Waals surface area contributed by atoms with Crippen LogP contribution in [0.1, 0.15) is 42.8 Å². The second-order valence-electron chi connectivity index (χ2n) is 7.54. The van der Waals surface area contributed by atoms with Crippen molar-refractivity contribution in [3.05, 3.63) is 59.7 Å². The van der Waals surface area contributed by atoms with Gasteiger partial charge in [-0.1, -0.05) is 24.3 Å². The highest BCUT2D eigenvalue weighted by molar-refractivity contribution is 5.93. The molecule has 0 bridgehead atoms. The lowest BCUT2D eigenvalue weighted by molar-refractivity contribution is 0.0205. The monoisotopic (exact) mass is 401 g/mol. The summed E-state index contributed by atoms with van der Waals surface area (Å²) in [6, 6.07) is 13.2. The average Bonchev–Trinajstić information content (AvgIpc) is 2.67. The molecule has 1 amide bonds. The predicted molar refractivity (Wildman–Crippen MR) is 108 cm³/mol. The molecular formula is C22H27NO6. The van der Waals surface area contributed by atoms with Crippen molar-refractivity contribution in [1.82, 2.24) is 4.90 Å². The molecule has 1 atom stereocenters. The van der Waals surface area contributed by atoms with Crippen LogP contribution in [0.5, 0.6) is 11.5 Å². The Labute approximate surface area is 170 Å². The van der Waals surface area contributed by atoms with Gasteiger partial charge in [0.1, 0.15) is 22.7 Å². The van der Waals surface area contributed by atoms with E-state index in [4.69, 9.17) is 14.2 Å². The quantitative estimate of drug-likeness (QED) is 0.585. The summed E-state index contributed by atoms with van der Waals surface area (Å²) in [6.45, 7) is 5.40. The number of hydrogen-bond donors (Lipinski definition) is 1. The zero-order valence-electron chi connectivity index (χ0n) is 17.3. The van der Waals surface area contributed by atoms with E-state index in [0.29, 0.717) is 22.6 Å². The molecule has 2 aromatic carbocycles. The van der Waals surface area contributed by atoms with Crippen LogP contribution in [0.25, 0.3) is 0 Å². The van der Waals surface area contributed by atoms with Gasteiger partial charge in [-0.25, -0.2) is 9.59 Å². The third-order valence-electron chi connectivity index (χ3n) is 3.95. The molecule has 0 saturated carbocycles. The fourth-order valence-electron chi connectivity index (χ4n) is 2.51. The number of methoxy groups -OCH3 is 1. The van der Waals surface area contributed by atoms with Gasteiger partial charge in [-0.05, 0) is 50.6 Å². The summed E-state index contributed by atoms with van der Waals surface area (Å²) >= 11 is 0. The zero-order valence-corrected chi connectivity index (χ0v) is 17.3. The van der Waals surface area contributed by atoms with E-state index >= 15 is 0 Å². The molecule has 29 heavy (non-hydrogen) atoms. The number of aliphatic hydroxyl groups is 1. The van der Waals surface area contributed by atoms with E-state index in [0.717, 1.165) is 0 Å². The molecule has 0 aliphatic carbocycles. The van der Waals surface area contributed by atoms with Gasteiger partial charge in [0.15, 0.2) is 0 Å². The van der Waals surface area contributed by atoms with Crippen molar-refractivity contribution in [3.8, 4) is 11.5 Å². The second kappa shape index (κ2) is 9.43. The minimum absolute atomic E-state index is 0.0647. The van der Waals surface area contributed by atoms with Crippen molar-refractivity contribution in [2.24, 2.45) is 0 Å². The summed E-state index contributed by atoms with van der Waals surface area (Å²) in [6.07, 6.45) is -1.43. The fraction of sp³-hybridized carbons (Fsp3) is 0.364. The standard InChI is InChI=1S/C22H27NO6/c1-22(2,3)29-21(26)23(4)14-18(24)15-10-12-16(13-11-15)28-20(25)17-8-6-7-9-19(17)27-5/h6-13,18,24H,14H2,1-5H3. The third-order valence-corrected chi connectivity index (χ3v) is 3.95. The molecule has 0 spiro atoms. The first-order valence-electron chi connectivity index (χ1n) is 9.18. The first-order valence-corrected chi connectivity index (χ1v) is 9.18. The molecule has 2 rings (SSSR count). The number of nitrogens with zero attached hydrogens (tertiary/aromatic N) is 1. The maximum Gasteiger partial charge on any atom is 0.410 e. The van der Waals surface area contributed by atoms with Crippen LogP contribution in [-0.4, -0.2) is 48.4 Å². The number of hydrogen-bond acceptors (Lipinski definition) is 6. The highest BCUT2D eigenvalue weighted by atomic mass is 16.6. The molecular weight excluding hydrogens is 374 g/mol. The van der Waals surface area contributed by atoms with E-state index in [1.54, 1.807) is 76.3 Å². The van der Waals surface area contributed by atoms with Crippen molar-refractivity contribution in [2.75, 3.05) is 20.7 Å². The van der Waals surface area contributed by atoms with Gasteiger partial charge in [-0.2, -0.15) is 0 Å². The molecule has 0 aliphatic rings. The molecule has 0 saturated heterocycles. The minimum atomic E-state index is -0.911. The zero-order chi connectivity index (χ0) is 21.6. The van der Waals surface area contributed by atoms with Gasteiger partial charge < -0.3 is 24.2 Å². The van der Waals surface area contributed by atoms with Crippen LogP contribution in [0.15, 0.2) is 48.5 Å². The lowest BCUT2D eigenvalue weighted by Gasteiger charge is -2.26. The van der Waals surface area contributed by atoms with E-state index in [2.05, 4.69) is 0 Å². The number of carbonyl (C=O) groups is 2. The Hall–Kier alpha value is -3.06. The highest BCUT2D eigenvalue weighted by Crippen LogP contribution is 2.23. The van der Waals surface area contributed by atoms with Gasteiger partial charge >= 0.3 is 12.1 Å². The first-order chi connectivity index (χ1) is 13.6.